The van der Waals surface area contributed by atoms with E-state index in [9.17, 15) is 0 Å². The number of ether oxygens (including phenoxy) is 1. The molecule has 0 spiro atoms. The molecule has 1 aromatic rings. The van der Waals surface area contributed by atoms with Crippen LogP contribution in [0.2, 0.25) is 0 Å². The molecule has 0 amide bonds. The molecule has 88 valence electrons. The first kappa shape index (κ1) is 11.4. The van der Waals surface area contributed by atoms with Crippen LogP contribution in [0.25, 0.3) is 0 Å². The molecular formula is C13H20N2O. The predicted octanol–water partition coefficient (Wildman–Crippen LogP) is 2.56. The van der Waals surface area contributed by atoms with E-state index in [4.69, 9.17) is 10.5 Å². The van der Waals surface area contributed by atoms with Gasteiger partial charge >= 0.3 is 0 Å². The minimum absolute atomic E-state index is 0.341. The molecule has 1 aliphatic rings. The molecular weight excluding hydrogens is 200 g/mol. The van der Waals surface area contributed by atoms with Crippen LogP contribution in [0.4, 0.5) is 0 Å². The number of aromatic nitrogens is 1. The molecule has 2 rings (SSSR count). The first-order chi connectivity index (χ1) is 7.79. The maximum atomic E-state index is 5.97. The fourth-order valence-electron chi connectivity index (χ4n) is 2.16. The molecule has 1 fully saturated rings. The first-order valence-corrected chi connectivity index (χ1v) is 6.13. The topological polar surface area (TPSA) is 48.1 Å². The lowest BCUT2D eigenvalue weighted by molar-refractivity contribution is 0.147. The number of pyridine rings is 1. The summed E-state index contributed by atoms with van der Waals surface area (Å²) in [4.78, 5) is 4.44. The largest absolute Gasteiger partial charge is 0.474 e. The van der Waals surface area contributed by atoms with Gasteiger partial charge in [-0.3, -0.25) is 0 Å². The van der Waals surface area contributed by atoms with Gasteiger partial charge in [-0.15, -0.1) is 0 Å². The van der Waals surface area contributed by atoms with E-state index >= 15 is 0 Å². The Kier molecular flexibility index (Phi) is 3.78. The molecule has 0 unspecified atom stereocenters. The summed E-state index contributed by atoms with van der Waals surface area (Å²) in [5, 5.41) is 0. The highest BCUT2D eigenvalue weighted by Gasteiger charge is 2.16. The normalized spacial score (nSPS) is 17.4. The van der Waals surface area contributed by atoms with Gasteiger partial charge in [-0.1, -0.05) is 12.5 Å². The van der Waals surface area contributed by atoms with E-state index in [2.05, 4.69) is 4.98 Å². The summed E-state index contributed by atoms with van der Waals surface area (Å²) in [7, 11) is 0. The average Bonchev–Trinajstić information content (AvgIpc) is 2.31. The minimum Gasteiger partial charge on any atom is -0.474 e. The standard InChI is InChI=1S/C13H20N2O/c1-10-7-8-11(9-14)13(15-10)16-12-5-3-2-4-6-12/h7-8,12H,2-6,9,14H2,1H3. The van der Waals surface area contributed by atoms with E-state index in [1.54, 1.807) is 0 Å². The van der Waals surface area contributed by atoms with Gasteiger partial charge in [0.25, 0.3) is 0 Å². The number of hydrogen-bond acceptors (Lipinski definition) is 3. The Morgan fingerprint density at radius 1 is 1.31 bits per heavy atom. The molecule has 1 saturated carbocycles. The van der Waals surface area contributed by atoms with E-state index in [1.165, 1.54) is 19.3 Å². The van der Waals surface area contributed by atoms with Gasteiger partial charge in [0.2, 0.25) is 5.88 Å². The maximum absolute atomic E-state index is 5.97. The second-order valence-corrected chi connectivity index (χ2v) is 4.50. The summed E-state index contributed by atoms with van der Waals surface area (Å²) in [5.41, 5.74) is 7.69. The molecule has 0 bridgehead atoms. The second kappa shape index (κ2) is 5.30. The van der Waals surface area contributed by atoms with Gasteiger partial charge in [0.1, 0.15) is 6.10 Å². The molecule has 1 heterocycles. The predicted molar refractivity (Wildman–Crippen MR) is 64.4 cm³/mol. The third-order valence-corrected chi connectivity index (χ3v) is 3.13. The summed E-state index contributed by atoms with van der Waals surface area (Å²) in [5.74, 6) is 0.745. The van der Waals surface area contributed by atoms with Crippen LogP contribution in [0, 0.1) is 6.92 Å². The van der Waals surface area contributed by atoms with Crippen LogP contribution in [0.1, 0.15) is 43.4 Å². The van der Waals surface area contributed by atoms with E-state index in [1.807, 2.05) is 19.1 Å². The van der Waals surface area contributed by atoms with Crippen molar-refractivity contribution in [1.82, 2.24) is 4.98 Å². The lowest BCUT2D eigenvalue weighted by Gasteiger charge is -2.23. The van der Waals surface area contributed by atoms with Crippen LogP contribution in [0.15, 0.2) is 12.1 Å². The molecule has 3 nitrogen and oxygen atoms in total. The van der Waals surface area contributed by atoms with Crippen molar-refractivity contribution in [2.45, 2.75) is 51.7 Å². The Bertz CT molecular complexity index is 346. The summed E-state index contributed by atoms with van der Waals surface area (Å²) in [6.07, 6.45) is 6.53. The summed E-state index contributed by atoms with van der Waals surface area (Å²) >= 11 is 0. The average molecular weight is 220 g/mol. The summed E-state index contributed by atoms with van der Waals surface area (Å²) in [6.45, 7) is 2.48. The molecule has 0 atom stereocenters. The van der Waals surface area contributed by atoms with Gasteiger partial charge in [0.05, 0.1) is 0 Å². The van der Waals surface area contributed by atoms with Crippen molar-refractivity contribution < 1.29 is 4.74 Å². The lowest BCUT2D eigenvalue weighted by Crippen LogP contribution is -2.21. The summed E-state index contributed by atoms with van der Waals surface area (Å²) in [6, 6.07) is 4.00. The zero-order valence-corrected chi connectivity index (χ0v) is 9.91. The fraction of sp³-hybridized carbons (Fsp3) is 0.615. The molecule has 0 radical (unpaired) electrons. The van der Waals surface area contributed by atoms with Crippen LogP contribution in [0.3, 0.4) is 0 Å². The van der Waals surface area contributed by atoms with Crippen LogP contribution >= 0.6 is 0 Å². The van der Waals surface area contributed by atoms with Crippen molar-refractivity contribution in [3.63, 3.8) is 0 Å². The van der Waals surface area contributed by atoms with Crippen molar-refractivity contribution in [2.24, 2.45) is 5.73 Å². The van der Waals surface area contributed by atoms with E-state index in [0.29, 0.717) is 12.6 Å². The molecule has 1 aromatic heterocycles. The van der Waals surface area contributed by atoms with Crippen LogP contribution in [-0.4, -0.2) is 11.1 Å². The zero-order chi connectivity index (χ0) is 11.4. The highest BCUT2D eigenvalue weighted by molar-refractivity contribution is 5.28. The number of rotatable bonds is 3. The van der Waals surface area contributed by atoms with Crippen molar-refractivity contribution in [3.8, 4) is 5.88 Å². The lowest BCUT2D eigenvalue weighted by atomic mass is 9.98. The van der Waals surface area contributed by atoms with Crippen molar-refractivity contribution in [2.75, 3.05) is 0 Å². The van der Waals surface area contributed by atoms with Gasteiger partial charge in [0.15, 0.2) is 0 Å². The smallest absolute Gasteiger partial charge is 0.218 e. The van der Waals surface area contributed by atoms with Gasteiger partial charge < -0.3 is 10.5 Å². The van der Waals surface area contributed by atoms with E-state index < -0.39 is 0 Å². The third kappa shape index (κ3) is 2.73. The van der Waals surface area contributed by atoms with Gasteiger partial charge in [-0.25, -0.2) is 4.98 Å². The van der Waals surface area contributed by atoms with Gasteiger partial charge in [-0.05, 0) is 38.7 Å². The van der Waals surface area contributed by atoms with E-state index in [0.717, 1.165) is 30.0 Å². The SMILES string of the molecule is Cc1ccc(CN)c(OC2CCCCC2)n1. The van der Waals surface area contributed by atoms with Crippen molar-refractivity contribution >= 4 is 0 Å². The van der Waals surface area contributed by atoms with E-state index in [-0.39, 0.29) is 0 Å². The number of aryl methyl sites for hydroxylation is 1. The van der Waals surface area contributed by atoms with Gasteiger partial charge in [0, 0.05) is 17.8 Å². The minimum atomic E-state index is 0.341. The molecule has 2 N–H and O–H groups in total. The monoisotopic (exact) mass is 220 g/mol. The third-order valence-electron chi connectivity index (χ3n) is 3.13. The number of nitrogens with two attached hydrogens (primary N) is 1. The fourth-order valence-corrected chi connectivity index (χ4v) is 2.16. The highest BCUT2D eigenvalue weighted by Crippen LogP contribution is 2.24. The Labute approximate surface area is 97.0 Å². The molecule has 3 heteroatoms. The zero-order valence-electron chi connectivity index (χ0n) is 9.91. The highest BCUT2D eigenvalue weighted by atomic mass is 16.5. The molecule has 1 aliphatic carbocycles. The van der Waals surface area contributed by atoms with Crippen LogP contribution < -0.4 is 10.5 Å². The quantitative estimate of drug-likeness (QED) is 0.851. The molecule has 16 heavy (non-hydrogen) atoms. The number of nitrogens with zero attached hydrogens (tertiary/aromatic N) is 1. The Morgan fingerprint density at radius 2 is 2.06 bits per heavy atom. The Morgan fingerprint density at radius 3 is 2.75 bits per heavy atom. The number of hydrogen-bond donors (Lipinski definition) is 1. The van der Waals surface area contributed by atoms with Crippen molar-refractivity contribution in [1.29, 1.82) is 0 Å². The molecule has 0 saturated heterocycles. The summed E-state index contributed by atoms with van der Waals surface area (Å²) < 4.78 is 5.97. The second-order valence-electron chi connectivity index (χ2n) is 4.50. The van der Waals surface area contributed by atoms with Gasteiger partial charge in [-0.2, -0.15) is 0 Å². The Balaban J connectivity index is 2.09. The van der Waals surface area contributed by atoms with Crippen molar-refractivity contribution in [3.05, 3.63) is 23.4 Å². The first-order valence-electron chi connectivity index (χ1n) is 6.13. The maximum Gasteiger partial charge on any atom is 0.218 e. The van der Waals surface area contributed by atoms with Crippen LogP contribution in [0.5, 0.6) is 5.88 Å². The molecule has 0 aromatic carbocycles. The molecule has 0 aliphatic heterocycles. The van der Waals surface area contributed by atoms with Crippen LogP contribution in [-0.2, 0) is 6.54 Å². The Hall–Kier alpha value is -1.09.